The second-order valence-electron chi connectivity index (χ2n) is 6.75. The fraction of sp³-hybridized carbons (Fsp3) is 0.333. The number of benzene rings is 2. The van der Waals surface area contributed by atoms with Crippen molar-refractivity contribution in [3.05, 3.63) is 65.2 Å². The largest absolute Gasteiger partial charge is 0.336 e. The zero-order chi connectivity index (χ0) is 18.5. The second-order valence-corrected chi connectivity index (χ2v) is 6.75. The summed E-state index contributed by atoms with van der Waals surface area (Å²) in [5.41, 5.74) is 3.75. The highest BCUT2D eigenvalue weighted by molar-refractivity contribution is 5.95. The van der Waals surface area contributed by atoms with Crippen LogP contribution in [0.1, 0.15) is 21.5 Å². The van der Waals surface area contributed by atoms with Gasteiger partial charge in [0.2, 0.25) is 5.91 Å². The van der Waals surface area contributed by atoms with Crippen molar-refractivity contribution in [3.63, 3.8) is 0 Å². The molecule has 1 N–H and O–H groups in total. The summed E-state index contributed by atoms with van der Waals surface area (Å²) in [7, 11) is 0. The summed E-state index contributed by atoms with van der Waals surface area (Å²) < 4.78 is 0. The Labute approximate surface area is 154 Å². The molecule has 1 heterocycles. The molecular weight excluding hydrogens is 326 g/mol. The summed E-state index contributed by atoms with van der Waals surface area (Å²) >= 11 is 0. The van der Waals surface area contributed by atoms with Crippen LogP contribution in [0.2, 0.25) is 0 Å². The third kappa shape index (κ3) is 4.29. The van der Waals surface area contributed by atoms with Gasteiger partial charge in [0.1, 0.15) is 0 Å². The van der Waals surface area contributed by atoms with E-state index in [2.05, 4.69) is 10.2 Å². The molecular formula is C21H25N3O2. The minimum Gasteiger partial charge on any atom is -0.336 e. The fourth-order valence-corrected chi connectivity index (χ4v) is 3.27. The predicted octanol–water partition coefficient (Wildman–Crippen LogP) is 2.70. The van der Waals surface area contributed by atoms with Crippen molar-refractivity contribution in [1.29, 1.82) is 0 Å². The van der Waals surface area contributed by atoms with Crippen LogP contribution >= 0.6 is 0 Å². The fourth-order valence-electron chi connectivity index (χ4n) is 3.27. The first kappa shape index (κ1) is 18.1. The number of amides is 2. The Hall–Kier alpha value is -2.66. The van der Waals surface area contributed by atoms with Gasteiger partial charge in [-0.3, -0.25) is 14.5 Å². The van der Waals surface area contributed by atoms with Gasteiger partial charge in [-0.1, -0.05) is 36.4 Å². The Balaban J connectivity index is 1.51. The van der Waals surface area contributed by atoms with E-state index in [-0.39, 0.29) is 11.8 Å². The Morgan fingerprint density at radius 2 is 1.50 bits per heavy atom. The number of aryl methyl sites for hydroxylation is 2. The number of hydrogen-bond donors (Lipinski definition) is 1. The van der Waals surface area contributed by atoms with Crippen LogP contribution in [0.3, 0.4) is 0 Å². The molecule has 0 spiro atoms. The number of carbonyl (C=O) groups is 2. The number of anilines is 1. The highest BCUT2D eigenvalue weighted by Crippen LogP contribution is 2.19. The normalized spacial score (nSPS) is 14.9. The van der Waals surface area contributed by atoms with E-state index in [4.69, 9.17) is 0 Å². The second kappa shape index (κ2) is 8.15. The lowest BCUT2D eigenvalue weighted by molar-refractivity contribution is -0.117. The van der Waals surface area contributed by atoms with Gasteiger partial charge in [0.15, 0.2) is 0 Å². The monoisotopic (exact) mass is 351 g/mol. The number of rotatable bonds is 4. The first-order valence-electron chi connectivity index (χ1n) is 8.97. The first-order chi connectivity index (χ1) is 12.5. The summed E-state index contributed by atoms with van der Waals surface area (Å²) in [4.78, 5) is 28.8. The van der Waals surface area contributed by atoms with Crippen molar-refractivity contribution in [3.8, 4) is 0 Å². The molecule has 136 valence electrons. The minimum atomic E-state index is -0.00904. The van der Waals surface area contributed by atoms with Crippen molar-refractivity contribution in [2.45, 2.75) is 13.8 Å². The van der Waals surface area contributed by atoms with Gasteiger partial charge in [-0.05, 0) is 37.1 Å². The van der Waals surface area contributed by atoms with Gasteiger partial charge in [-0.25, -0.2) is 0 Å². The van der Waals surface area contributed by atoms with Crippen LogP contribution in [-0.4, -0.2) is 54.3 Å². The van der Waals surface area contributed by atoms with E-state index in [1.54, 1.807) is 0 Å². The van der Waals surface area contributed by atoms with E-state index in [9.17, 15) is 9.59 Å². The van der Waals surface area contributed by atoms with Gasteiger partial charge in [-0.2, -0.15) is 0 Å². The summed E-state index contributed by atoms with van der Waals surface area (Å²) in [6.07, 6.45) is 0. The number of nitrogens with zero attached hydrogens (tertiary/aromatic N) is 2. The molecule has 0 aliphatic carbocycles. The molecule has 1 aliphatic heterocycles. The smallest absolute Gasteiger partial charge is 0.253 e. The lowest BCUT2D eigenvalue weighted by atomic mass is 10.1. The quantitative estimate of drug-likeness (QED) is 0.921. The van der Waals surface area contributed by atoms with Crippen molar-refractivity contribution in [2.75, 3.05) is 38.0 Å². The summed E-state index contributed by atoms with van der Waals surface area (Å²) in [6.45, 7) is 7.04. The van der Waals surface area contributed by atoms with Crippen LogP contribution < -0.4 is 5.32 Å². The average molecular weight is 351 g/mol. The van der Waals surface area contributed by atoms with E-state index in [0.717, 1.165) is 16.8 Å². The average Bonchev–Trinajstić information content (AvgIpc) is 2.66. The maximum Gasteiger partial charge on any atom is 0.253 e. The molecule has 2 aromatic rings. The molecule has 0 unspecified atom stereocenters. The van der Waals surface area contributed by atoms with Crippen molar-refractivity contribution in [1.82, 2.24) is 9.80 Å². The van der Waals surface area contributed by atoms with Crippen molar-refractivity contribution in [2.24, 2.45) is 0 Å². The van der Waals surface area contributed by atoms with Gasteiger partial charge in [0.05, 0.1) is 6.54 Å². The number of piperazine rings is 1. The highest BCUT2D eigenvalue weighted by atomic mass is 16.2. The Morgan fingerprint density at radius 1 is 0.885 bits per heavy atom. The summed E-state index contributed by atoms with van der Waals surface area (Å²) in [5, 5.41) is 3.02. The zero-order valence-corrected chi connectivity index (χ0v) is 15.4. The molecule has 26 heavy (non-hydrogen) atoms. The molecule has 0 radical (unpaired) electrons. The van der Waals surface area contributed by atoms with E-state index in [1.165, 1.54) is 0 Å². The molecule has 1 saturated heterocycles. The van der Waals surface area contributed by atoms with Gasteiger partial charge in [-0.15, -0.1) is 0 Å². The number of carbonyl (C=O) groups excluding carboxylic acids is 2. The third-order valence-electron chi connectivity index (χ3n) is 4.79. The Morgan fingerprint density at radius 3 is 2.12 bits per heavy atom. The molecule has 3 rings (SSSR count). The molecule has 1 aliphatic rings. The van der Waals surface area contributed by atoms with Crippen LogP contribution in [0.15, 0.2) is 48.5 Å². The van der Waals surface area contributed by atoms with Crippen LogP contribution in [0.5, 0.6) is 0 Å². The molecule has 1 fully saturated rings. The summed E-state index contributed by atoms with van der Waals surface area (Å²) in [6, 6.07) is 15.3. The molecule has 5 heteroatoms. The molecule has 0 atom stereocenters. The molecule has 0 bridgehead atoms. The van der Waals surface area contributed by atoms with Gasteiger partial charge >= 0.3 is 0 Å². The van der Waals surface area contributed by atoms with Crippen LogP contribution in [0.25, 0.3) is 0 Å². The van der Waals surface area contributed by atoms with E-state index in [1.807, 2.05) is 67.3 Å². The highest BCUT2D eigenvalue weighted by Gasteiger charge is 2.23. The Bertz CT molecular complexity index is 761. The van der Waals surface area contributed by atoms with E-state index in [0.29, 0.717) is 38.3 Å². The van der Waals surface area contributed by atoms with Crippen molar-refractivity contribution >= 4 is 17.5 Å². The minimum absolute atomic E-state index is 0.00904. The maximum atomic E-state index is 12.5. The molecule has 0 saturated carbocycles. The molecule has 5 nitrogen and oxygen atoms in total. The molecule has 2 amide bonds. The predicted molar refractivity (Wildman–Crippen MR) is 103 cm³/mol. The molecule has 0 aromatic heterocycles. The van der Waals surface area contributed by atoms with Gasteiger partial charge in [0, 0.05) is 37.4 Å². The zero-order valence-electron chi connectivity index (χ0n) is 15.4. The number of para-hydroxylation sites is 1. The standard InChI is InChI=1S/C21H25N3O2/c1-16-7-6-8-17(2)20(16)22-19(25)15-23-11-13-24(14-12-23)21(26)18-9-4-3-5-10-18/h3-10H,11-15H2,1-2H3,(H,22,25). The van der Waals surface area contributed by atoms with Gasteiger partial charge < -0.3 is 10.2 Å². The topological polar surface area (TPSA) is 52.7 Å². The lowest BCUT2D eigenvalue weighted by Crippen LogP contribution is -2.50. The van der Waals surface area contributed by atoms with Crippen molar-refractivity contribution < 1.29 is 9.59 Å². The molecule has 2 aromatic carbocycles. The van der Waals surface area contributed by atoms with Crippen LogP contribution in [0, 0.1) is 13.8 Å². The number of hydrogen-bond acceptors (Lipinski definition) is 3. The Kier molecular flexibility index (Phi) is 5.68. The summed E-state index contributed by atoms with van der Waals surface area (Å²) in [5.74, 6) is 0.0514. The van der Waals surface area contributed by atoms with Crippen LogP contribution in [-0.2, 0) is 4.79 Å². The van der Waals surface area contributed by atoms with Crippen LogP contribution in [0.4, 0.5) is 5.69 Å². The van der Waals surface area contributed by atoms with E-state index < -0.39 is 0 Å². The van der Waals surface area contributed by atoms with Gasteiger partial charge in [0.25, 0.3) is 5.91 Å². The SMILES string of the molecule is Cc1cccc(C)c1NC(=O)CN1CCN(C(=O)c2ccccc2)CC1. The number of nitrogens with one attached hydrogen (secondary N) is 1. The first-order valence-corrected chi connectivity index (χ1v) is 8.97. The van der Waals surface area contributed by atoms with E-state index >= 15 is 0 Å². The third-order valence-corrected chi connectivity index (χ3v) is 4.79. The lowest BCUT2D eigenvalue weighted by Gasteiger charge is -2.34. The maximum absolute atomic E-state index is 12.5.